The monoisotopic (exact) mass is 320 g/mol. The highest BCUT2D eigenvalue weighted by molar-refractivity contribution is 5.78. The van der Waals surface area contributed by atoms with Crippen LogP contribution in [0.15, 0.2) is 24.3 Å². The number of hydrogen-bond donors (Lipinski definition) is 1. The summed E-state index contributed by atoms with van der Waals surface area (Å²) in [5, 5.41) is 10.1. The average Bonchev–Trinajstić information content (AvgIpc) is 2.96. The number of methoxy groups -OCH3 is 1. The highest BCUT2D eigenvalue weighted by Crippen LogP contribution is 2.33. The first-order valence-electron chi connectivity index (χ1n) is 8.09. The molecule has 1 aromatic carbocycles. The van der Waals surface area contributed by atoms with Crippen LogP contribution in [0, 0.1) is 0 Å². The van der Waals surface area contributed by atoms with Crippen molar-refractivity contribution in [1.82, 2.24) is 9.80 Å². The number of carbonyl (C=O) groups is 1. The number of rotatable bonds is 4. The van der Waals surface area contributed by atoms with E-state index in [1.165, 1.54) is 0 Å². The fraction of sp³-hybridized carbons (Fsp3) is 0.588. The molecule has 2 aliphatic heterocycles. The minimum atomic E-state index is -0.399. The number of β-amino-alcohol motifs (C(OH)–C–C–N with tert-alkyl or cyclic N) is 1. The second kappa shape index (κ2) is 7.29. The van der Waals surface area contributed by atoms with Gasteiger partial charge in [-0.1, -0.05) is 12.1 Å². The summed E-state index contributed by atoms with van der Waals surface area (Å²) in [6.07, 6.45) is 0.243. The number of hydrogen-bond acceptors (Lipinski definition) is 5. The minimum absolute atomic E-state index is 0.0464. The van der Waals surface area contributed by atoms with E-state index in [0.717, 1.165) is 11.3 Å². The number of carbonyl (C=O) groups excluding carboxylic acids is 1. The van der Waals surface area contributed by atoms with E-state index >= 15 is 0 Å². The van der Waals surface area contributed by atoms with Gasteiger partial charge in [-0.2, -0.15) is 0 Å². The van der Waals surface area contributed by atoms with Crippen LogP contribution in [0.5, 0.6) is 5.75 Å². The highest BCUT2D eigenvalue weighted by Gasteiger charge is 2.34. The van der Waals surface area contributed by atoms with Crippen LogP contribution in [0.4, 0.5) is 0 Å². The maximum absolute atomic E-state index is 12.5. The van der Waals surface area contributed by atoms with Gasteiger partial charge >= 0.3 is 0 Å². The van der Waals surface area contributed by atoms with Crippen molar-refractivity contribution in [2.75, 3.05) is 46.5 Å². The normalized spacial score (nSPS) is 25.6. The molecule has 0 bridgehead atoms. The zero-order valence-corrected chi connectivity index (χ0v) is 13.5. The van der Waals surface area contributed by atoms with Gasteiger partial charge in [0, 0.05) is 25.7 Å². The first-order valence-corrected chi connectivity index (χ1v) is 8.09. The Morgan fingerprint density at radius 1 is 1.39 bits per heavy atom. The quantitative estimate of drug-likeness (QED) is 0.883. The molecule has 0 radical (unpaired) electrons. The molecule has 0 aromatic heterocycles. The Kier molecular flexibility index (Phi) is 5.15. The molecule has 0 aliphatic carbocycles. The van der Waals surface area contributed by atoms with Gasteiger partial charge in [-0.3, -0.25) is 9.69 Å². The molecule has 2 saturated heterocycles. The van der Waals surface area contributed by atoms with Crippen molar-refractivity contribution >= 4 is 5.91 Å². The molecule has 6 nitrogen and oxygen atoms in total. The number of morpholine rings is 1. The predicted molar refractivity (Wildman–Crippen MR) is 85.3 cm³/mol. The molecule has 126 valence electrons. The molecule has 1 amide bonds. The molecule has 3 rings (SSSR count). The van der Waals surface area contributed by atoms with Crippen LogP contribution < -0.4 is 4.74 Å². The van der Waals surface area contributed by atoms with E-state index < -0.39 is 6.10 Å². The van der Waals surface area contributed by atoms with Crippen LogP contribution in [0.25, 0.3) is 0 Å². The van der Waals surface area contributed by atoms with Crippen LogP contribution in [0.3, 0.4) is 0 Å². The van der Waals surface area contributed by atoms with E-state index in [4.69, 9.17) is 9.47 Å². The standard InChI is InChI=1S/C17H24N2O4/c1-22-15-4-2-3-13(9-15)16-10-14(20)11-19(16)12-17(21)18-5-7-23-8-6-18/h2-4,9,14,16,20H,5-8,10-12H2,1H3/t14-,16+/m0/s1. The van der Waals surface area contributed by atoms with Gasteiger partial charge in [0.2, 0.25) is 5.91 Å². The Bertz CT molecular complexity index is 545. The highest BCUT2D eigenvalue weighted by atomic mass is 16.5. The molecule has 0 spiro atoms. The van der Waals surface area contributed by atoms with E-state index in [0.29, 0.717) is 45.8 Å². The minimum Gasteiger partial charge on any atom is -0.497 e. The maximum Gasteiger partial charge on any atom is 0.236 e. The van der Waals surface area contributed by atoms with Crippen LogP contribution >= 0.6 is 0 Å². The van der Waals surface area contributed by atoms with Crippen LogP contribution in [-0.2, 0) is 9.53 Å². The van der Waals surface area contributed by atoms with Crippen molar-refractivity contribution < 1.29 is 19.4 Å². The molecule has 1 aromatic rings. The van der Waals surface area contributed by atoms with E-state index in [2.05, 4.69) is 4.90 Å². The molecule has 0 unspecified atom stereocenters. The van der Waals surface area contributed by atoms with Crippen molar-refractivity contribution in [1.29, 1.82) is 0 Å². The molecule has 0 saturated carbocycles. The van der Waals surface area contributed by atoms with E-state index in [9.17, 15) is 9.90 Å². The Labute approximate surface area is 136 Å². The molecular weight excluding hydrogens is 296 g/mol. The average molecular weight is 320 g/mol. The topological polar surface area (TPSA) is 62.2 Å². The summed E-state index contributed by atoms with van der Waals surface area (Å²) in [6, 6.07) is 7.90. The van der Waals surface area contributed by atoms with Gasteiger partial charge in [-0.15, -0.1) is 0 Å². The number of likely N-dealkylation sites (tertiary alicyclic amines) is 1. The fourth-order valence-corrected chi connectivity index (χ4v) is 3.34. The Hall–Kier alpha value is -1.63. The summed E-state index contributed by atoms with van der Waals surface area (Å²) in [7, 11) is 1.64. The molecule has 1 N–H and O–H groups in total. The van der Waals surface area contributed by atoms with Gasteiger partial charge in [-0.05, 0) is 24.1 Å². The molecule has 6 heteroatoms. The summed E-state index contributed by atoms with van der Waals surface area (Å²) in [4.78, 5) is 16.4. The van der Waals surface area contributed by atoms with Crippen molar-refractivity contribution in [2.45, 2.75) is 18.6 Å². The number of amides is 1. The van der Waals surface area contributed by atoms with Crippen LogP contribution in [0.2, 0.25) is 0 Å². The van der Waals surface area contributed by atoms with E-state index in [-0.39, 0.29) is 11.9 Å². The summed E-state index contributed by atoms with van der Waals surface area (Å²) in [5.41, 5.74) is 1.08. The Morgan fingerprint density at radius 3 is 2.91 bits per heavy atom. The molecule has 2 heterocycles. The second-order valence-electron chi connectivity index (χ2n) is 6.10. The number of aliphatic hydroxyl groups excluding tert-OH is 1. The van der Waals surface area contributed by atoms with Crippen molar-refractivity contribution in [3.05, 3.63) is 29.8 Å². The lowest BCUT2D eigenvalue weighted by atomic mass is 10.0. The Balaban J connectivity index is 1.70. The van der Waals surface area contributed by atoms with E-state index in [1.54, 1.807) is 7.11 Å². The molecule has 23 heavy (non-hydrogen) atoms. The van der Waals surface area contributed by atoms with Gasteiger partial charge in [0.1, 0.15) is 5.75 Å². The lowest BCUT2D eigenvalue weighted by Crippen LogP contribution is -2.45. The van der Waals surface area contributed by atoms with Crippen LogP contribution in [0.1, 0.15) is 18.0 Å². The largest absolute Gasteiger partial charge is 0.497 e. The fourth-order valence-electron chi connectivity index (χ4n) is 3.34. The van der Waals surface area contributed by atoms with Crippen molar-refractivity contribution in [2.24, 2.45) is 0 Å². The summed E-state index contributed by atoms with van der Waals surface area (Å²) in [6.45, 7) is 3.37. The number of ether oxygens (including phenoxy) is 2. The summed E-state index contributed by atoms with van der Waals surface area (Å²) >= 11 is 0. The zero-order chi connectivity index (χ0) is 16.2. The third-order valence-electron chi connectivity index (χ3n) is 4.56. The van der Waals surface area contributed by atoms with E-state index in [1.807, 2.05) is 29.2 Å². The smallest absolute Gasteiger partial charge is 0.236 e. The first kappa shape index (κ1) is 16.2. The molecule has 2 fully saturated rings. The lowest BCUT2D eigenvalue weighted by molar-refractivity contribution is -0.136. The van der Waals surface area contributed by atoms with Crippen molar-refractivity contribution in [3.63, 3.8) is 0 Å². The van der Waals surface area contributed by atoms with Gasteiger partial charge in [0.15, 0.2) is 0 Å². The third-order valence-corrected chi connectivity index (χ3v) is 4.56. The zero-order valence-electron chi connectivity index (χ0n) is 13.5. The number of aliphatic hydroxyl groups is 1. The molecular formula is C17H24N2O4. The number of nitrogens with zero attached hydrogens (tertiary/aromatic N) is 2. The van der Waals surface area contributed by atoms with Crippen molar-refractivity contribution in [3.8, 4) is 5.75 Å². The SMILES string of the molecule is COc1cccc([C@H]2C[C@H](O)CN2CC(=O)N2CCOCC2)c1. The lowest BCUT2D eigenvalue weighted by Gasteiger charge is -2.30. The first-order chi connectivity index (χ1) is 11.2. The van der Waals surface area contributed by atoms with Gasteiger partial charge < -0.3 is 19.5 Å². The van der Waals surface area contributed by atoms with Gasteiger partial charge in [0.05, 0.1) is 33.0 Å². The predicted octanol–water partition coefficient (Wildman–Crippen LogP) is 0.662. The Morgan fingerprint density at radius 2 is 2.17 bits per heavy atom. The number of benzene rings is 1. The van der Waals surface area contributed by atoms with Gasteiger partial charge in [-0.25, -0.2) is 0 Å². The summed E-state index contributed by atoms with van der Waals surface area (Å²) < 4.78 is 10.6. The summed E-state index contributed by atoms with van der Waals surface area (Å²) in [5.74, 6) is 0.902. The molecule has 2 atom stereocenters. The maximum atomic E-state index is 12.5. The second-order valence-corrected chi connectivity index (χ2v) is 6.10. The third kappa shape index (κ3) is 3.83. The van der Waals surface area contributed by atoms with Crippen LogP contribution in [-0.4, -0.2) is 73.4 Å². The molecule has 2 aliphatic rings. The van der Waals surface area contributed by atoms with Gasteiger partial charge in [0.25, 0.3) is 0 Å².